The molecule has 0 atom stereocenters. The Kier molecular flexibility index (Phi) is 3.03. The number of nitrogens with two attached hydrogens (primary N) is 1. The highest BCUT2D eigenvalue weighted by atomic mass is 35.5. The third kappa shape index (κ3) is 1.75. The van der Waals surface area contributed by atoms with Gasteiger partial charge in [0.25, 0.3) is 0 Å². The maximum absolute atomic E-state index is 11.3. The summed E-state index contributed by atoms with van der Waals surface area (Å²) in [5, 5.41) is 0. The first kappa shape index (κ1) is 11.0. The molecule has 0 bridgehead atoms. The molecular formula is C10H18ClNO. The van der Waals surface area contributed by atoms with Crippen LogP contribution in [0.1, 0.15) is 39.0 Å². The van der Waals surface area contributed by atoms with Crippen molar-refractivity contribution in [2.24, 2.45) is 17.1 Å². The van der Waals surface area contributed by atoms with Crippen LogP contribution in [-0.2, 0) is 4.79 Å². The lowest BCUT2D eigenvalue weighted by molar-refractivity contribution is -0.135. The van der Waals surface area contributed by atoms with Crippen molar-refractivity contribution >= 4 is 18.2 Å². The zero-order valence-electron chi connectivity index (χ0n) is 8.08. The first-order chi connectivity index (χ1) is 5.65. The second kappa shape index (κ2) is 3.58. The summed E-state index contributed by atoms with van der Waals surface area (Å²) in [5.74, 6) is 0.851. The first-order valence-electron chi connectivity index (χ1n) is 4.93. The van der Waals surface area contributed by atoms with E-state index >= 15 is 0 Å². The smallest absolute Gasteiger partial charge is 0.135 e. The van der Waals surface area contributed by atoms with Crippen LogP contribution in [0.4, 0.5) is 0 Å². The molecule has 0 heterocycles. The Labute approximate surface area is 85.7 Å². The predicted octanol–water partition coefficient (Wildman–Crippen LogP) is 1.90. The van der Waals surface area contributed by atoms with Gasteiger partial charge >= 0.3 is 0 Å². The molecule has 3 heteroatoms. The Morgan fingerprint density at radius 3 is 2.31 bits per heavy atom. The van der Waals surface area contributed by atoms with Crippen molar-refractivity contribution in [3.63, 3.8) is 0 Å². The molecule has 0 aromatic carbocycles. The van der Waals surface area contributed by atoms with E-state index in [1.807, 2.05) is 6.92 Å². The second-order valence-corrected chi connectivity index (χ2v) is 4.59. The van der Waals surface area contributed by atoms with Crippen LogP contribution >= 0.6 is 12.4 Å². The van der Waals surface area contributed by atoms with Crippen molar-refractivity contribution < 1.29 is 4.79 Å². The van der Waals surface area contributed by atoms with E-state index in [1.165, 1.54) is 12.8 Å². The predicted molar refractivity (Wildman–Crippen MR) is 54.9 cm³/mol. The summed E-state index contributed by atoms with van der Waals surface area (Å²) in [6.07, 6.45) is 5.31. The molecule has 2 aliphatic rings. The van der Waals surface area contributed by atoms with Gasteiger partial charge in [-0.15, -0.1) is 12.4 Å². The third-order valence-corrected chi connectivity index (χ3v) is 3.55. The molecule has 0 aromatic rings. The van der Waals surface area contributed by atoms with Gasteiger partial charge < -0.3 is 5.73 Å². The Balaban J connectivity index is 0.000000845. The lowest BCUT2D eigenvalue weighted by Crippen LogP contribution is -2.54. The average molecular weight is 204 g/mol. The summed E-state index contributed by atoms with van der Waals surface area (Å²) in [6, 6.07) is 0.433. The SMILES string of the molecule is CCC(=O)C1CC2(CC(N)C2)C1.Cl. The largest absolute Gasteiger partial charge is 0.328 e. The highest BCUT2D eigenvalue weighted by molar-refractivity contribution is 5.85. The van der Waals surface area contributed by atoms with E-state index in [2.05, 4.69) is 0 Å². The van der Waals surface area contributed by atoms with Crippen LogP contribution in [0.3, 0.4) is 0 Å². The van der Waals surface area contributed by atoms with E-state index in [9.17, 15) is 4.79 Å². The molecule has 13 heavy (non-hydrogen) atoms. The van der Waals surface area contributed by atoms with Gasteiger partial charge in [-0.05, 0) is 31.1 Å². The average Bonchev–Trinajstić information content (AvgIpc) is 1.92. The Morgan fingerprint density at radius 2 is 1.92 bits per heavy atom. The molecule has 0 radical (unpaired) electrons. The van der Waals surface area contributed by atoms with Crippen molar-refractivity contribution in [1.29, 1.82) is 0 Å². The van der Waals surface area contributed by atoms with Crippen molar-refractivity contribution in [3.8, 4) is 0 Å². The summed E-state index contributed by atoms with van der Waals surface area (Å²) >= 11 is 0. The van der Waals surface area contributed by atoms with E-state index in [0.29, 0.717) is 29.6 Å². The van der Waals surface area contributed by atoms with Crippen LogP contribution < -0.4 is 5.73 Å². The van der Waals surface area contributed by atoms with Crippen LogP contribution in [0.2, 0.25) is 0 Å². The fraction of sp³-hybridized carbons (Fsp3) is 0.900. The fourth-order valence-electron chi connectivity index (χ4n) is 2.89. The number of rotatable bonds is 2. The molecule has 2 aliphatic carbocycles. The van der Waals surface area contributed by atoms with Gasteiger partial charge in [0.1, 0.15) is 5.78 Å². The second-order valence-electron chi connectivity index (χ2n) is 4.59. The van der Waals surface area contributed by atoms with Gasteiger partial charge in [-0.3, -0.25) is 4.79 Å². The molecular weight excluding hydrogens is 186 g/mol. The molecule has 2 fully saturated rings. The Bertz CT molecular complexity index is 203. The maximum Gasteiger partial charge on any atom is 0.135 e. The van der Waals surface area contributed by atoms with Crippen LogP contribution in [0.25, 0.3) is 0 Å². The van der Waals surface area contributed by atoms with Gasteiger partial charge in [0.15, 0.2) is 0 Å². The summed E-state index contributed by atoms with van der Waals surface area (Å²) in [7, 11) is 0. The fourth-order valence-corrected chi connectivity index (χ4v) is 2.89. The van der Waals surface area contributed by atoms with Crippen molar-refractivity contribution in [1.82, 2.24) is 0 Å². The number of Topliss-reactive ketones (excluding diaryl/α,β-unsaturated/α-hetero) is 1. The first-order valence-corrected chi connectivity index (χ1v) is 4.93. The summed E-state index contributed by atoms with van der Waals surface area (Å²) in [6.45, 7) is 1.96. The van der Waals surface area contributed by atoms with Crippen molar-refractivity contribution in [3.05, 3.63) is 0 Å². The number of hydrogen-bond acceptors (Lipinski definition) is 2. The Hall–Kier alpha value is -0.0800. The number of halogens is 1. The van der Waals surface area contributed by atoms with E-state index in [0.717, 1.165) is 12.8 Å². The maximum atomic E-state index is 11.3. The molecule has 76 valence electrons. The highest BCUT2D eigenvalue weighted by Crippen LogP contribution is 2.58. The molecule has 0 amide bonds. The standard InChI is InChI=1S/C10H17NO.ClH/c1-2-9(12)7-3-10(4-7)5-8(11)6-10;/h7-8H,2-6,11H2,1H3;1H. The van der Waals surface area contributed by atoms with Gasteiger partial charge in [-0.2, -0.15) is 0 Å². The molecule has 2 N–H and O–H groups in total. The molecule has 0 aromatic heterocycles. The molecule has 1 spiro atoms. The topological polar surface area (TPSA) is 43.1 Å². The molecule has 0 aliphatic heterocycles. The van der Waals surface area contributed by atoms with Crippen molar-refractivity contribution in [2.45, 2.75) is 45.1 Å². The van der Waals surface area contributed by atoms with Crippen LogP contribution in [-0.4, -0.2) is 11.8 Å². The number of carbonyl (C=O) groups excluding carboxylic acids is 1. The minimum Gasteiger partial charge on any atom is -0.328 e. The van der Waals surface area contributed by atoms with Crippen LogP contribution in [0.5, 0.6) is 0 Å². The minimum absolute atomic E-state index is 0. The lowest BCUT2D eigenvalue weighted by atomic mass is 9.49. The van der Waals surface area contributed by atoms with Gasteiger partial charge in [0.05, 0.1) is 0 Å². The van der Waals surface area contributed by atoms with E-state index in [4.69, 9.17) is 5.73 Å². The monoisotopic (exact) mass is 203 g/mol. The minimum atomic E-state index is 0. The van der Waals surface area contributed by atoms with Gasteiger partial charge in [0.2, 0.25) is 0 Å². The number of hydrogen-bond donors (Lipinski definition) is 1. The highest BCUT2D eigenvalue weighted by Gasteiger charge is 2.53. The summed E-state index contributed by atoms with van der Waals surface area (Å²) in [5.41, 5.74) is 6.26. The molecule has 2 saturated carbocycles. The van der Waals surface area contributed by atoms with Crippen molar-refractivity contribution in [2.75, 3.05) is 0 Å². The van der Waals surface area contributed by atoms with Crippen LogP contribution in [0, 0.1) is 11.3 Å². The van der Waals surface area contributed by atoms with E-state index in [-0.39, 0.29) is 12.4 Å². The lowest BCUT2D eigenvalue weighted by Gasteiger charge is -2.56. The summed E-state index contributed by atoms with van der Waals surface area (Å²) in [4.78, 5) is 11.3. The molecule has 2 rings (SSSR count). The molecule has 0 unspecified atom stereocenters. The van der Waals surface area contributed by atoms with E-state index in [1.54, 1.807) is 0 Å². The van der Waals surface area contributed by atoms with Gasteiger partial charge in [-0.25, -0.2) is 0 Å². The van der Waals surface area contributed by atoms with Crippen LogP contribution in [0.15, 0.2) is 0 Å². The zero-order chi connectivity index (χ0) is 8.77. The zero-order valence-corrected chi connectivity index (χ0v) is 8.90. The summed E-state index contributed by atoms with van der Waals surface area (Å²) < 4.78 is 0. The normalized spacial score (nSPS) is 41.7. The molecule has 2 nitrogen and oxygen atoms in total. The van der Waals surface area contributed by atoms with Gasteiger partial charge in [-0.1, -0.05) is 6.92 Å². The quantitative estimate of drug-likeness (QED) is 0.745. The number of ketones is 1. The Morgan fingerprint density at radius 1 is 1.38 bits per heavy atom. The third-order valence-electron chi connectivity index (χ3n) is 3.55. The van der Waals surface area contributed by atoms with E-state index < -0.39 is 0 Å². The van der Waals surface area contributed by atoms with Gasteiger partial charge in [0, 0.05) is 18.4 Å². The number of carbonyl (C=O) groups is 1. The molecule has 0 saturated heterocycles.